The second-order valence-corrected chi connectivity index (χ2v) is 6.04. The van der Waals surface area contributed by atoms with E-state index >= 15 is 0 Å². The van der Waals surface area contributed by atoms with Crippen molar-refractivity contribution in [2.45, 2.75) is 32.4 Å². The Hall–Kier alpha value is -1.49. The van der Waals surface area contributed by atoms with E-state index in [0.29, 0.717) is 13.1 Å². The highest BCUT2D eigenvalue weighted by Crippen LogP contribution is 2.19. The molecule has 1 atom stereocenters. The molecule has 1 saturated heterocycles. The predicted molar refractivity (Wildman–Crippen MR) is 74.0 cm³/mol. The molecule has 106 valence electrons. The van der Waals surface area contributed by atoms with Crippen molar-refractivity contribution in [1.82, 2.24) is 14.8 Å². The van der Waals surface area contributed by atoms with E-state index in [0.717, 1.165) is 6.54 Å². The minimum Gasteiger partial charge on any atom is -0.444 e. The van der Waals surface area contributed by atoms with Crippen LogP contribution >= 0.6 is 0 Å². The van der Waals surface area contributed by atoms with E-state index in [1.165, 1.54) is 5.56 Å². The van der Waals surface area contributed by atoms with E-state index in [1.807, 2.05) is 38.6 Å². The van der Waals surface area contributed by atoms with Gasteiger partial charge in [-0.2, -0.15) is 0 Å². The Kier molecular flexibility index (Phi) is 3.85. The lowest BCUT2D eigenvalue weighted by Crippen LogP contribution is -2.49. The van der Waals surface area contributed by atoms with Gasteiger partial charge in [-0.15, -0.1) is 0 Å². The number of hydrogen-bond acceptors (Lipinski definition) is 3. The highest BCUT2D eigenvalue weighted by molar-refractivity contribution is 5.68. The summed E-state index contributed by atoms with van der Waals surface area (Å²) in [4.78, 5) is 13.8. The molecule has 0 bridgehead atoms. The number of aromatic nitrogens is 1. The van der Waals surface area contributed by atoms with Crippen molar-refractivity contribution < 1.29 is 9.53 Å². The third kappa shape index (κ3) is 3.73. The van der Waals surface area contributed by atoms with Crippen LogP contribution in [0.25, 0.3) is 0 Å². The Bertz CT molecular complexity index is 448. The van der Waals surface area contributed by atoms with Crippen LogP contribution in [0.5, 0.6) is 0 Å². The van der Waals surface area contributed by atoms with Gasteiger partial charge in [0.1, 0.15) is 5.60 Å². The zero-order chi connectivity index (χ0) is 14.0. The van der Waals surface area contributed by atoms with Crippen molar-refractivity contribution >= 4 is 6.09 Å². The van der Waals surface area contributed by atoms with Gasteiger partial charge < -0.3 is 19.5 Å². The van der Waals surface area contributed by atoms with E-state index in [-0.39, 0.29) is 12.1 Å². The van der Waals surface area contributed by atoms with Gasteiger partial charge >= 0.3 is 6.09 Å². The lowest BCUT2D eigenvalue weighted by Gasteiger charge is -2.34. The Labute approximate surface area is 114 Å². The SMILES string of the molecule is Cn1ccc(C2CN(C(=O)OC(C)(C)C)CCN2)c1. The second-order valence-electron chi connectivity index (χ2n) is 6.04. The first-order valence-electron chi connectivity index (χ1n) is 6.68. The number of aryl methyl sites for hydroxylation is 1. The maximum Gasteiger partial charge on any atom is 0.410 e. The fourth-order valence-corrected chi connectivity index (χ4v) is 2.20. The topological polar surface area (TPSA) is 46.5 Å². The van der Waals surface area contributed by atoms with Gasteiger partial charge in [-0.05, 0) is 32.4 Å². The first kappa shape index (κ1) is 13.9. The number of ether oxygens (including phenoxy) is 1. The molecule has 1 unspecified atom stereocenters. The molecule has 2 heterocycles. The van der Waals surface area contributed by atoms with E-state index in [9.17, 15) is 4.79 Å². The summed E-state index contributed by atoms with van der Waals surface area (Å²) in [5.74, 6) is 0. The quantitative estimate of drug-likeness (QED) is 0.843. The van der Waals surface area contributed by atoms with Crippen molar-refractivity contribution in [3.05, 3.63) is 24.0 Å². The summed E-state index contributed by atoms with van der Waals surface area (Å²) in [6.45, 7) is 7.81. The van der Waals surface area contributed by atoms with Crippen LogP contribution in [0.15, 0.2) is 18.5 Å². The van der Waals surface area contributed by atoms with Gasteiger partial charge in [0.2, 0.25) is 0 Å². The zero-order valence-corrected chi connectivity index (χ0v) is 12.1. The summed E-state index contributed by atoms with van der Waals surface area (Å²) in [5, 5.41) is 3.43. The number of carbonyl (C=O) groups is 1. The predicted octanol–water partition coefficient (Wildman–Crippen LogP) is 1.91. The zero-order valence-electron chi connectivity index (χ0n) is 12.1. The van der Waals surface area contributed by atoms with Gasteiger partial charge in [0.25, 0.3) is 0 Å². The number of nitrogens with one attached hydrogen (secondary N) is 1. The van der Waals surface area contributed by atoms with Crippen LogP contribution in [0.2, 0.25) is 0 Å². The largest absolute Gasteiger partial charge is 0.444 e. The monoisotopic (exact) mass is 265 g/mol. The number of rotatable bonds is 1. The number of hydrogen-bond donors (Lipinski definition) is 1. The molecule has 1 aromatic heterocycles. The standard InChI is InChI=1S/C14H23N3O2/c1-14(2,3)19-13(18)17-8-6-15-12(10-17)11-5-7-16(4)9-11/h5,7,9,12,15H,6,8,10H2,1-4H3. The van der Waals surface area contributed by atoms with Crippen LogP contribution in [0.1, 0.15) is 32.4 Å². The van der Waals surface area contributed by atoms with Gasteiger partial charge in [-0.1, -0.05) is 0 Å². The Morgan fingerprint density at radius 2 is 2.21 bits per heavy atom. The Morgan fingerprint density at radius 1 is 1.47 bits per heavy atom. The van der Waals surface area contributed by atoms with E-state index in [1.54, 1.807) is 4.90 Å². The molecule has 0 aliphatic carbocycles. The summed E-state index contributed by atoms with van der Waals surface area (Å²) in [6.07, 6.45) is 3.87. The summed E-state index contributed by atoms with van der Waals surface area (Å²) in [6, 6.07) is 2.26. The molecule has 0 aromatic carbocycles. The van der Waals surface area contributed by atoms with Crippen molar-refractivity contribution in [2.75, 3.05) is 19.6 Å². The molecule has 1 aliphatic heterocycles. The molecule has 19 heavy (non-hydrogen) atoms. The van der Waals surface area contributed by atoms with Crippen LogP contribution in [-0.4, -0.2) is 40.8 Å². The van der Waals surface area contributed by atoms with Gasteiger partial charge in [-0.25, -0.2) is 4.79 Å². The maximum absolute atomic E-state index is 12.1. The molecule has 1 fully saturated rings. The first-order chi connectivity index (χ1) is 8.85. The number of piperazine rings is 1. The first-order valence-corrected chi connectivity index (χ1v) is 6.68. The Balaban J connectivity index is 1.99. The smallest absolute Gasteiger partial charge is 0.410 e. The molecule has 5 nitrogen and oxygen atoms in total. The van der Waals surface area contributed by atoms with E-state index < -0.39 is 5.60 Å². The highest BCUT2D eigenvalue weighted by Gasteiger charge is 2.28. The molecule has 1 N–H and O–H groups in total. The van der Waals surface area contributed by atoms with Crippen LogP contribution in [0.4, 0.5) is 4.79 Å². The van der Waals surface area contributed by atoms with Gasteiger partial charge in [0, 0.05) is 39.1 Å². The second kappa shape index (κ2) is 5.25. The van der Waals surface area contributed by atoms with Gasteiger partial charge in [0.15, 0.2) is 0 Å². The summed E-state index contributed by atoms with van der Waals surface area (Å²) < 4.78 is 7.44. The number of carbonyl (C=O) groups excluding carboxylic acids is 1. The fraction of sp³-hybridized carbons (Fsp3) is 0.643. The van der Waals surface area contributed by atoms with Gasteiger partial charge in [-0.3, -0.25) is 0 Å². The maximum atomic E-state index is 12.1. The van der Waals surface area contributed by atoms with Crippen molar-refractivity contribution in [1.29, 1.82) is 0 Å². The van der Waals surface area contributed by atoms with Gasteiger partial charge in [0.05, 0.1) is 6.04 Å². The highest BCUT2D eigenvalue weighted by atomic mass is 16.6. The summed E-state index contributed by atoms with van der Waals surface area (Å²) in [7, 11) is 2.00. The summed E-state index contributed by atoms with van der Waals surface area (Å²) >= 11 is 0. The van der Waals surface area contributed by atoms with Crippen LogP contribution in [-0.2, 0) is 11.8 Å². The molecular formula is C14H23N3O2. The molecule has 1 aromatic rings. The third-order valence-corrected chi connectivity index (χ3v) is 3.08. The van der Waals surface area contributed by atoms with Crippen LogP contribution in [0.3, 0.4) is 0 Å². The molecule has 2 rings (SSSR count). The van der Waals surface area contributed by atoms with Crippen LogP contribution < -0.4 is 5.32 Å². The minimum absolute atomic E-state index is 0.183. The molecular weight excluding hydrogens is 242 g/mol. The minimum atomic E-state index is -0.440. The van der Waals surface area contributed by atoms with Crippen molar-refractivity contribution in [3.8, 4) is 0 Å². The number of nitrogens with zero attached hydrogens (tertiary/aromatic N) is 2. The lowest BCUT2D eigenvalue weighted by atomic mass is 10.1. The van der Waals surface area contributed by atoms with Crippen molar-refractivity contribution in [3.63, 3.8) is 0 Å². The molecule has 0 saturated carbocycles. The molecule has 5 heteroatoms. The average Bonchev–Trinajstić information content (AvgIpc) is 2.74. The molecule has 0 spiro atoms. The Morgan fingerprint density at radius 3 is 2.79 bits per heavy atom. The normalized spacial score (nSPS) is 20.4. The average molecular weight is 265 g/mol. The van der Waals surface area contributed by atoms with E-state index in [4.69, 9.17) is 4.74 Å². The lowest BCUT2D eigenvalue weighted by molar-refractivity contribution is 0.0195. The third-order valence-electron chi connectivity index (χ3n) is 3.08. The van der Waals surface area contributed by atoms with Crippen molar-refractivity contribution in [2.24, 2.45) is 7.05 Å². The van der Waals surface area contributed by atoms with E-state index in [2.05, 4.69) is 17.6 Å². The number of amides is 1. The fourth-order valence-electron chi connectivity index (χ4n) is 2.20. The van der Waals surface area contributed by atoms with Crippen LogP contribution in [0, 0.1) is 0 Å². The molecule has 0 radical (unpaired) electrons. The molecule has 1 aliphatic rings. The molecule has 1 amide bonds. The summed E-state index contributed by atoms with van der Waals surface area (Å²) in [5.41, 5.74) is 0.764.